The van der Waals surface area contributed by atoms with E-state index in [1.165, 1.54) is 12.4 Å². The fourth-order valence-corrected chi connectivity index (χ4v) is 3.78. The molecule has 3 rings (SSSR count). The van der Waals surface area contributed by atoms with Gasteiger partial charge >= 0.3 is 0 Å². The molecule has 1 N–H and O–H groups in total. The zero-order valence-corrected chi connectivity index (χ0v) is 12.4. The largest absolute Gasteiger partial charge is 0.347 e. The Kier molecular flexibility index (Phi) is 3.13. The van der Waals surface area contributed by atoms with Crippen LogP contribution in [0.25, 0.3) is 10.9 Å². The average molecular weight is 302 g/mol. The van der Waals surface area contributed by atoms with Crippen LogP contribution in [0.4, 0.5) is 5.95 Å². The van der Waals surface area contributed by atoms with Gasteiger partial charge in [-0.2, -0.15) is 0 Å². The van der Waals surface area contributed by atoms with Crippen LogP contribution >= 0.6 is 0 Å². The van der Waals surface area contributed by atoms with Crippen LogP contribution in [0.2, 0.25) is 0 Å². The molecule has 0 spiro atoms. The van der Waals surface area contributed by atoms with E-state index < -0.39 is 10.0 Å². The predicted molar refractivity (Wildman–Crippen MR) is 80.5 cm³/mol. The number of nitrogens with zero attached hydrogens (tertiary/aromatic N) is 3. The molecule has 108 valence electrons. The van der Waals surface area contributed by atoms with Crippen LogP contribution in [0.15, 0.2) is 47.6 Å². The summed E-state index contributed by atoms with van der Waals surface area (Å²) in [4.78, 5) is 8.05. The molecule has 0 radical (unpaired) electrons. The minimum atomic E-state index is -3.75. The number of hydrogen-bond acceptors (Lipinski definition) is 4. The Morgan fingerprint density at radius 3 is 2.48 bits per heavy atom. The first kappa shape index (κ1) is 13.6. The van der Waals surface area contributed by atoms with Crippen molar-refractivity contribution in [1.82, 2.24) is 14.5 Å². The van der Waals surface area contributed by atoms with Gasteiger partial charge in [0.05, 0.1) is 0 Å². The Balaban J connectivity index is 2.18. The highest BCUT2D eigenvalue weighted by molar-refractivity contribution is 7.93. The van der Waals surface area contributed by atoms with Crippen LogP contribution in [0.5, 0.6) is 0 Å². The number of aryl methyl sites for hydroxylation is 1. The van der Waals surface area contributed by atoms with Gasteiger partial charge in [-0.1, -0.05) is 18.2 Å². The maximum Gasteiger partial charge on any atom is 0.266 e. The maximum absolute atomic E-state index is 12.6. The van der Waals surface area contributed by atoms with Crippen molar-refractivity contribution >= 4 is 26.9 Å². The highest BCUT2D eigenvalue weighted by Crippen LogP contribution is 2.29. The van der Waals surface area contributed by atoms with Crippen molar-refractivity contribution in [2.24, 2.45) is 7.05 Å². The number of rotatable bonds is 3. The van der Waals surface area contributed by atoms with Gasteiger partial charge in [0, 0.05) is 36.0 Å². The molecule has 2 aromatic heterocycles. The highest BCUT2D eigenvalue weighted by atomic mass is 32.2. The lowest BCUT2D eigenvalue weighted by Crippen LogP contribution is -2.15. The third kappa shape index (κ3) is 2.25. The molecule has 0 unspecified atom stereocenters. The second kappa shape index (κ2) is 4.85. The van der Waals surface area contributed by atoms with E-state index in [0.29, 0.717) is 11.1 Å². The first-order valence-electron chi connectivity index (χ1n) is 6.34. The standard InChI is InChI=1S/C14H14N4O2S/c1-10-13(11-6-3-4-7-12(11)18(10)2)21(19,20)17-14-15-8-5-9-16-14/h3-9H,1-2H3,(H,15,16,17). The van der Waals surface area contributed by atoms with Crippen molar-refractivity contribution in [1.29, 1.82) is 0 Å². The molecular formula is C14H14N4O2S. The molecule has 0 aliphatic carbocycles. The Hall–Kier alpha value is -2.41. The number of nitrogens with one attached hydrogen (secondary N) is 1. The van der Waals surface area contributed by atoms with Crippen molar-refractivity contribution in [3.8, 4) is 0 Å². The van der Waals surface area contributed by atoms with Crippen LogP contribution in [0.3, 0.4) is 0 Å². The summed E-state index contributed by atoms with van der Waals surface area (Å²) in [6.45, 7) is 1.78. The van der Waals surface area contributed by atoms with Crippen molar-refractivity contribution < 1.29 is 8.42 Å². The molecule has 2 heterocycles. The van der Waals surface area contributed by atoms with E-state index in [4.69, 9.17) is 0 Å². The third-order valence-electron chi connectivity index (χ3n) is 3.40. The molecule has 1 aromatic carbocycles. The third-order valence-corrected chi connectivity index (χ3v) is 4.91. The predicted octanol–water partition coefficient (Wildman–Crippen LogP) is 2.08. The molecule has 0 atom stereocenters. The number of anilines is 1. The van der Waals surface area contributed by atoms with E-state index in [9.17, 15) is 8.42 Å². The highest BCUT2D eigenvalue weighted by Gasteiger charge is 2.24. The van der Waals surface area contributed by atoms with Gasteiger partial charge in [0.15, 0.2) is 0 Å². The Bertz CT molecular complexity index is 901. The Morgan fingerprint density at radius 2 is 1.76 bits per heavy atom. The van der Waals surface area contributed by atoms with E-state index >= 15 is 0 Å². The second-order valence-electron chi connectivity index (χ2n) is 4.67. The number of benzene rings is 1. The van der Waals surface area contributed by atoms with Gasteiger partial charge in [0.1, 0.15) is 4.90 Å². The molecule has 0 amide bonds. The van der Waals surface area contributed by atoms with Crippen LogP contribution in [-0.2, 0) is 17.1 Å². The molecule has 7 heteroatoms. The molecule has 0 saturated heterocycles. The van der Waals surface area contributed by atoms with E-state index in [0.717, 1.165) is 5.52 Å². The van der Waals surface area contributed by atoms with Crippen molar-refractivity contribution in [2.45, 2.75) is 11.8 Å². The molecule has 0 bridgehead atoms. The van der Waals surface area contributed by atoms with Gasteiger partial charge in [-0.15, -0.1) is 0 Å². The van der Waals surface area contributed by atoms with E-state index in [1.54, 1.807) is 19.1 Å². The van der Waals surface area contributed by atoms with Crippen molar-refractivity contribution in [2.75, 3.05) is 4.72 Å². The lowest BCUT2D eigenvalue weighted by molar-refractivity contribution is 0.600. The zero-order valence-electron chi connectivity index (χ0n) is 11.6. The Labute approximate surface area is 122 Å². The first-order chi connectivity index (χ1) is 10.0. The van der Waals surface area contributed by atoms with Crippen molar-refractivity contribution in [3.05, 3.63) is 48.4 Å². The summed E-state index contributed by atoms with van der Waals surface area (Å²) in [5, 5.41) is 0.681. The van der Waals surface area contributed by atoms with Gasteiger partial charge in [0.2, 0.25) is 5.95 Å². The van der Waals surface area contributed by atoms with Gasteiger partial charge in [-0.05, 0) is 19.1 Å². The van der Waals surface area contributed by atoms with E-state index in [1.807, 2.05) is 29.8 Å². The summed E-state index contributed by atoms with van der Waals surface area (Å²) in [6, 6.07) is 9.01. The molecule has 0 fully saturated rings. The summed E-state index contributed by atoms with van der Waals surface area (Å²) < 4.78 is 29.6. The lowest BCUT2D eigenvalue weighted by Gasteiger charge is -2.06. The monoisotopic (exact) mass is 302 g/mol. The van der Waals surface area contributed by atoms with Crippen molar-refractivity contribution in [3.63, 3.8) is 0 Å². The number of hydrogen-bond donors (Lipinski definition) is 1. The molecular weight excluding hydrogens is 288 g/mol. The molecule has 0 aliphatic heterocycles. The SMILES string of the molecule is Cc1c(S(=O)(=O)Nc2ncccn2)c2ccccc2n1C. The normalized spacial score (nSPS) is 11.7. The maximum atomic E-state index is 12.6. The summed E-state index contributed by atoms with van der Waals surface area (Å²) in [6.07, 6.45) is 2.97. The number of aromatic nitrogens is 3. The lowest BCUT2D eigenvalue weighted by atomic mass is 10.2. The average Bonchev–Trinajstić information content (AvgIpc) is 2.72. The van der Waals surface area contributed by atoms with Crippen LogP contribution in [0, 0.1) is 6.92 Å². The smallest absolute Gasteiger partial charge is 0.266 e. The quantitative estimate of drug-likeness (QED) is 0.803. The molecule has 21 heavy (non-hydrogen) atoms. The second-order valence-corrected chi connectivity index (χ2v) is 6.29. The number of para-hydroxylation sites is 1. The van der Waals surface area contributed by atoms with Gasteiger partial charge in [-0.3, -0.25) is 0 Å². The molecule has 3 aromatic rings. The topological polar surface area (TPSA) is 76.9 Å². The molecule has 0 saturated carbocycles. The van der Waals surface area contributed by atoms with Crippen LogP contribution in [0.1, 0.15) is 5.69 Å². The summed E-state index contributed by atoms with van der Waals surface area (Å²) in [7, 11) is -1.90. The molecule has 6 nitrogen and oxygen atoms in total. The first-order valence-corrected chi connectivity index (χ1v) is 7.83. The summed E-state index contributed by atoms with van der Waals surface area (Å²) in [5.41, 5.74) is 1.53. The van der Waals surface area contributed by atoms with Gasteiger partial charge < -0.3 is 4.57 Å². The van der Waals surface area contributed by atoms with Gasteiger partial charge in [0.25, 0.3) is 10.0 Å². The number of fused-ring (bicyclic) bond motifs is 1. The summed E-state index contributed by atoms with van der Waals surface area (Å²) in [5.74, 6) is 0.0600. The van der Waals surface area contributed by atoms with E-state index in [-0.39, 0.29) is 10.8 Å². The minimum absolute atomic E-state index is 0.0600. The molecule has 0 aliphatic rings. The van der Waals surface area contributed by atoms with E-state index in [2.05, 4.69) is 14.7 Å². The summed E-state index contributed by atoms with van der Waals surface area (Å²) >= 11 is 0. The van der Waals surface area contributed by atoms with Crippen LogP contribution < -0.4 is 4.72 Å². The fourth-order valence-electron chi connectivity index (χ4n) is 2.35. The number of sulfonamides is 1. The minimum Gasteiger partial charge on any atom is -0.347 e. The Morgan fingerprint density at radius 1 is 1.10 bits per heavy atom. The fraction of sp³-hybridized carbons (Fsp3) is 0.143. The van der Waals surface area contributed by atoms with Gasteiger partial charge in [-0.25, -0.2) is 23.1 Å². The van der Waals surface area contributed by atoms with Crippen LogP contribution in [-0.4, -0.2) is 23.0 Å². The zero-order chi connectivity index (χ0) is 15.0.